The Morgan fingerprint density at radius 2 is 1.06 bits per heavy atom. The largest absolute Gasteiger partial charge is 3.00 e. The summed E-state index contributed by atoms with van der Waals surface area (Å²) < 4.78 is 28.8. The minimum absolute atomic E-state index is 0. The molecule has 94 valence electrons. The van der Waals surface area contributed by atoms with Crippen molar-refractivity contribution in [3.05, 3.63) is 42.1 Å². The predicted octanol–water partition coefficient (Wildman–Crippen LogP) is -0.247. The van der Waals surface area contributed by atoms with Gasteiger partial charge in [0.2, 0.25) is 0 Å². The van der Waals surface area contributed by atoms with E-state index in [1.54, 1.807) is 0 Å². The Morgan fingerprint density at radius 3 is 1.18 bits per heavy atom. The molecule has 0 N–H and O–H groups in total. The van der Waals surface area contributed by atoms with Gasteiger partial charge in [-0.15, -0.1) is 0 Å². The second kappa shape index (κ2) is 8.59. The minimum Gasteiger partial charge on any atom is -0.545 e. The zero-order valence-electron chi connectivity index (χ0n) is 7.91. The van der Waals surface area contributed by atoms with Gasteiger partial charge in [-0.2, -0.15) is 0 Å². The topological polar surface area (TPSA) is 80.3 Å². The molecule has 0 radical (unpaired) electrons. The molecule has 4 nitrogen and oxygen atoms in total. The van der Waals surface area contributed by atoms with E-state index in [1.807, 2.05) is 0 Å². The molecule has 1 aromatic rings. The summed E-state index contributed by atoms with van der Waals surface area (Å²) >= 11 is 0. The average molecular weight is 292 g/mol. The van der Waals surface area contributed by atoms with Crippen molar-refractivity contribution in [3.63, 3.8) is 0 Å². The SMILES string of the molecule is F[C-](F)F.O=C([O-])c1ccc(C(=O)[O-])cc1.[Co+3]. The van der Waals surface area contributed by atoms with Gasteiger partial charge in [-0.1, -0.05) is 24.3 Å². The summed E-state index contributed by atoms with van der Waals surface area (Å²) in [6.45, 7) is -3.08. The van der Waals surface area contributed by atoms with Crippen molar-refractivity contribution in [1.82, 2.24) is 0 Å². The van der Waals surface area contributed by atoms with E-state index in [-0.39, 0.29) is 27.9 Å². The molecule has 0 saturated carbocycles. The molecular formula is C9H4CoF3O4. The molecule has 0 heterocycles. The number of rotatable bonds is 2. The van der Waals surface area contributed by atoms with Crippen LogP contribution in [0.25, 0.3) is 0 Å². The first kappa shape index (κ1) is 17.8. The van der Waals surface area contributed by atoms with E-state index in [0.717, 1.165) is 24.3 Å². The maximum atomic E-state index is 10.2. The van der Waals surface area contributed by atoms with Gasteiger partial charge in [0.1, 0.15) is 0 Å². The van der Waals surface area contributed by atoms with Gasteiger partial charge in [0.25, 0.3) is 0 Å². The number of carboxylic acid groups (broad SMARTS) is 2. The Balaban J connectivity index is 0. The fourth-order valence-electron chi connectivity index (χ4n) is 0.742. The summed E-state index contributed by atoms with van der Waals surface area (Å²) in [4.78, 5) is 20.4. The molecule has 0 fully saturated rings. The van der Waals surface area contributed by atoms with Crippen molar-refractivity contribution in [2.75, 3.05) is 0 Å². The standard InChI is InChI=1S/C8H6O4.CF3.Co/c9-7(10)5-1-2-6(4-3-5)8(11)12;2-1(3)4;/h1-4H,(H,9,10)(H,11,12);;/q;-1;+3/p-2. The molecule has 0 aliphatic heterocycles. The predicted molar refractivity (Wildman–Crippen MR) is 41.7 cm³/mol. The third-order valence-electron chi connectivity index (χ3n) is 1.36. The molecule has 0 saturated heterocycles. The first-order valence-electron chi connectivity index (χ1n) is 3.70. The van der Waals surface area contributed by atoms with Crippen LogP contribution in [-0.2, 0) is 16.8 Å². The van der Waals surface area contributed by atoms with E-state index in [0.29, 0.717) is 0 Å². The van der Waals surface area contributed by atoms with Crippen LogP contribution in [0.1, 0.15) is 20.7 Å². The van der Waals surface area contributed by atoms with Gasteiger partial charge >= 0.3 is 16.8 Å². The first-order chi connectivity index (χ1) is 7.34. The van der Waals surface area contributed by atoms with Crippen molar-refractivity contribution < 1.29 is 49.8 Å². The molecule has 0 atom stereocenters. The van der Waals surface area contributed by atoms with Crippen LogP contribution in [0.4, 0.5) is 13.2 Å². The normalized spacial score (nSPS) is 8.71. The molecule has 1 rings (SSSR count). The molecule has 0 aliphatic carbocycles. The number of benzene rings is 1. The molecule has 1 aromatic carbocycles. The van der Waals surface area contributed by atoms with Crippen molar-refractivity contribution >= 4 is 11.9 Å². The van der Waals surface area contributed by atoms with Gasteiger partial charge in [0.05, 0.1) is 11.9 Å². The molecule has 0 unspecified atom stereocenters. The monoisotopic (exact) mass is 292 g/mol. The van der Waals surface area contributed by atoms with Gasteiger partial charge in [-0.25, -0.2) is 0 Å². The van der Waals surface area contributed by atoms with Crippen LogP contribution in [0.2, 0.25) is 0 Å². The number of hydrogen-bond acceptors (Lipinski definition) is 4. The number of halogens is 3. The quantitative estimate of drug-likeness (QED) is 0.704. The maximum absolute atomic E-state index is 10.2. The van der Waals surface area contributed by atoms with Crippen LogP contribution in [0, 0.1) is 6.68 Å². The molecule has 0 bridgehead atoms. The van der Waals surface area contributed by atoms with Crippen molar-refractivity contribution in [2.24, 2.45) is 0 Å². The molecule has 17 heavy (non-hydrogen) atoms. The van der Waals surface area contributed by atoms with Crippen molar-refractivity contribution in [3.8, 4) is 0 Å². The zero-order chi connectivity index (χ0) is 12.7. The Hall–Kier alpha value is -1.54. The summed E-state index contributed by atoms with van der Waals surface area (Å²) in [5, 5.41) is 20.4. The average Bonchev–Trinajstić information content (AvgIpc) is 2.17. The summed E-state index contributed by atoms with van der Waals surface area (Å²) in [5.41, 5.74) is -0.111. The smallest absolute Gasteiger partial charge is 0.545 e. The van der Waals surface area contributed by atoms with Crippen LogP contribution >= 0.6 is 0 Å². The number of aromatic carboxylic acids is 2. The van der Waals surface area contributed by atoms with Gasteiger partial charge in [0.15, 0.2) is 6.68 Å². The summed E-state index contributed by atoms with van der Waals surface area (Å²) in [6, 6.07) is 4.61. The number of carbonyl (C=O) groups excluding carboxylic acids is 2. The summed E-state index contributed by atoms with van der Waals surface area (Å²) in [5.74, 6) is -2.67. The van der Waals surface area contributed by atoms with E-state index in [9.17, 15) is 33.0 Å². The van der Waals surface area contributed by atoms with E-state index in [2.05, 4.69) is 0 Å². The van der Waals surface area contributed by atoms with Crippen LogP contribution in [0.5, 0.6) is 0 Å². The van der Waals surface area contributed by atoms with E-state index < -0.39 is 18.6 Å². The maximum Gasteiger partial charge on any atom is 3.00 e. The Labute approximate surface area is 104 Å². The Morgan fingerprint density at radius 1 is 0.882 bits per heavy atom. The number of carboxylic acids is 2. The van der Waals surface area contributed by atoms with Crippen LogP contribution in [0.3, 0.4) is 0 Å². The molecule has 8 heteroatoms. The van der Waals surface area contributed by atoms with Crippen LogP contribution in [-0.4, -0.2) is 11.9 Å². The van der Waals surface area contributed by atoms with Gasteiger partial charge < -0.3 is 33.0 Å². The molecule has 0 amide bonds. The van der Waals surface area contributed by atoms with Gasteiger partial charge in [0, 0.05) is 0 Å². The van der Waals surface area contributed by atoms with Crippen LogP contribution in [0.15, 0.2) is 24.3 Å². The Kier molecular flexibility index (Phi) is 9.01. The van der Waals surface area contributed by atoms with Crippen LogP contribution < -0.4 is 10.2 Å². The molecule has 0 aliphatic rings. The van der Waals surface area contributed by atoms with E-state index >= 15 is 0 Å². The molecule has 0 spiro atoms. The van der Waals surface area contributed by atoms with E-state index in [1.165, 1.54) is 0 Å². The second-order valence-corrected chi connectivity index (χ2v) is 2.37. The number of hydrogen-bond donors (Lipinski definition) is 0. The third kappa shape index (κ3) is 8.28. The Bertz CT molecular complexity index is 331. The van der Waals surface area contributed by atoms with Crippen molar-refractivity contribution in [2.45, 2.75) is 0 Å². The minimum atomic E-state index is -3.08. The molecule has 0 aromatic heterocycles. The fourth-order valence-corrected chi connectivity index (χ4v) is 0.742. The second-order valence-electron chi connectivity index (χ2n) is 2.37. The fraction of sp³-hybridized carbons (Fsp3) is 0. The molecular weight excluding hydrogens is 288 g/mol. The number of carbonyl (C=O) groups is 2. The third-order valence-corrected chi connectivity index (χ3v) is 1.36. The zero-order valence-corrected chi connectivity index (χ0v) is 8.95. The first-order valence-corrected chi connectivity index (χ1v) is 3.70. The van der Waals surface area contributed by atoms with E-state index in [4.69, 9.17) is 0 Å². The van der Waals surface area contributed by atoms with Gasteiger partial charge in [-0.3, -0.25) is 0 Å². The summed E-state index contributed by atoms with van der Waals surface area (Å²) in [7, 11) is 0. The summed E-state index contributed by atoms with van der Waals surface area (Å²) in [6.07, 6.45) is 0. The van der Waals surface area contributed by atoms with Gasteiger partial charge in [-0.05, 0) is 11.1 Å². The van der Waals surface area contributed by atoms with Crippen molar-refractivity contribution in [1.29, 1.82) is 0 Å².